The van der Waals surface area contributed by atoms with Crippen LogP contribution in [0.1, 0.15) is 6.92 Å². The van der Waals surface area contributed by atoms with Gasteiger partial charge in [0.2, 0.25) is 0 Å². The molecule has 0 radical (unpaired) electrons. The summed E-state index contributed by atoms with van der Waals surface area (Å²) in [5.41, 5.74) is 0. The first kappa shape index (κ1) is 9.95. The molecule has 1 unspecified atom stereocenters. The molecule has 2 nitrogen and oxygen atoms in total. The van der Waals surface area contributed by atoms with E-state index in [-0.39, 0.29) is 0 Å². The summed E-state index contributed by atoms with van der Waals surface area (Å²) in [7, 11) is 1.67. The zero-order valence-electron chi connectivity index (χ0n) is 6.48. The molecule has 10 heavy (non-hydrogen) atoms. The van der Waals surface area contributed by atoms with Crippen molar-refractivity contribution in [1.29, 1.82) is 0 Å². The van der Waals surface area contributed by atoms with Crippen LogP contribution in [-0.4, -0.2) is 26.3 Å². The highest BCUT2D eigenvalue weighted by atomic mass is 35.5. The molecule has 0 rings (SSSR count). The molecule has 0 aromatic carbocycles. The lowest BCUT2D eigenvalue weighted by Crippen LogP contribution is -2.30. The Morgan fingerprint density at radius 1 is 1.80 bits per heavy atom. The Hall–Kier alpha value is -0.0500. The van der Waals surface area contributed by atoms with E-state index in [1.807, 2.05) is 6.92 Å². The Balaban J connectivity index is 3.21. The Morgan fingerprint density at radius 3 is 2.80 bits per heavy atom. The van der Waals surface area contributed by atoms with Crippen molar-refractivity contribution in [2.75, 3.05) is 20.3 Å². The van der Waals surface area contributed by atoms with Crippen LogP contribution in [0.2, 0.25) is 0 Å². The highest BCUT2D eigenvalue weighted by Crippen LogP contribution is 1.93. The van der Waals surface area contributed by atoms with Gasteiger partial charge in [-0.2, -0.15) is 0 Å². The summed E-state index contributed by atoms with van der Waals surface area (Å²) < 4.78 is 4.90. The fourth-order valence-corrected chi connectivity index (χ4v) is 0.671. The number of halogens is 1. The zero-order chi connectivity index (χ0) is 7.98. The molecule has 60 valence electrons. The molecule has 3 heteroatoms. The van der Waals surface area contributed by atoms with E-state index in [1.165, 1.54) is 0 Å². The van der Waals surface area contributed by atoms with E-state index in [9.17, 15) is 0 Å². The molecule has 0 aromatic heterocycles. The van der Waals surface area contributed by atoms with E-state index < -0.39 is 0 Å². The van der Waals surface area contributed by atoms with Gasteiger partial charge in [0.1, 0.15) is 0 Å². The van der Waals surface area contributed by atoms with Gasteiger partial charge in [0.05, 0.1) is 6.61 Å². The fourth-order valence-electron chi connectivity index (χ4n) is 0.594. The van der Waals surface area contributed by atoms with Crippen LogP contribution in [0.4, 0.5) is 0 Å². The van der Waals surface area contributed by atoms with E-state index in [4.69, 9.17) is 16.3 Å². The van der Waals surface area contributed by atoms with Gasteiger partial charge in [0, 0.05) is 24.7 Å². The Morgan fingerprint density at radius 2 is 2.40 bits per heavy atom. The maximum atomic E-state index is 5.52. The third kappa shape index (κ3) is 6.08. The van der Waals surface area contributed by atoms with Crippen molar-refractivity contribution >= 4 is 11.6 Å². The van der Waals surface area contributed by atoms with Crippen molar-refractivity contribution in [3.63, 3.8) is 0 Å². The van der Waals surface area contributed by atoms with Crippen molar-refractivity contribution in [2.45, 2.75) is 13.0 Å². The number of rotatable bonds is 5. The minimum Gasteiger partial charge on any atom is -0.383 e. The van der Waals surface area contributed by atoms with Crippen LogP contribution < -0.4 is 5.32 Å². The first-order valence-corrected chi connectivity index (χ1v) is 3.60. The summed E-state index contributed by atoms with van der Waals surface area (Å²) >= 11 is 5.52. The smallest absolute Gasteiger partial charge is 0.0613 e. The first-order chi connectivity index (χ1) is 4.66. The van der Waals surface area contributed by atoms with Crippen LogP contribution in [0.5, 0.6) is 0 Å². The molecule has 0 fully saturated rings. The van der Waals surface area contributed by atoms with Crippen LogP contribution in [-0.2, 0) is 4.74 Å². The summed E-state index contributed by atoms with van der Waals surface area (Å²) in [6.07, 6.45) is 0. The van der Waals surface area contributed by atoms with Crippen LogP contribution >= 0.6 is 11.6 Å². The molecule has 0 spiro atoms. The standard InChI is InChI=1S/C7H14ClNO/c1-6(8)4-9-7(2)5-10-3/h7,9H,1,4-5H2,2-3H3. The second kappa shape index (κ2) is 5.71. The third-order valence-corrected chi connectivity index (χ3v) is 1.19. The SMILES string of the molecule is C=C(Cl)CNC(C)COC. The normalized spacial score (nSPS) is 13.1. The van der Waals surface area contributed by atoms with Crippen molar-refractivity contribution in [3.05, 3.63) is 11.6 Å². The topological polar surface area (TPSA) is 21.3 Å². The average Bonchev–Trinajstić information content (AvgIpc) is 1.85. The van der Waals surface area contributed by atoms with Gasteiger partial charge in [0.15, 0.2) is 0 Å². The highest BCUT2D eigenvalue weighted by molar-refractivity contribution is 6.29. The summed E-state index contributed by atoms with van der Waals surface area (Å²) in [6, 6.07) is 0.334. The largest absolute Gasteiger partial charge is 0.383 e. The maximum Gasteiger partial charge on any atom is 0.0613 e. The molecular weight excluding hydrogens is 150 g/mol. The Kier molecular flexibility index (Phi) is 5.69. The molecule has 1 atom stereocenters. The Labute approximate surface area is 67.2 Å². The molecule has 1 N–H and O–H groups in total. The van der Waals surface area contributed by atoms with E-state index in [2.05, 4.69) is 11.9 Å². The van der Waals surface area contributed by atoms with E-state index in [0.717, 1.165) is 0 Å². The quantitative estimate of drug-likeness (QED) is 0.661. The van der Waals surface area contributed by atoms with Gasteiger partial charge in [-0.15, -0.1) is 0 Å². The number of hydrogen-bond acceptors (Lipinski definition) is 2. The Bertz CT molecular complexity index is 106. The minimum absolute atomic E-state index is 0.334. The van der Waals surface area contributed by atoms with Gasteiger partial charge in [-0.3, -0.25) is 0 Å². The van der Waals surface area contributed by atoms with Gasteiger partial charge < -0.3 is 10.1 Å². The monoisotopic (exact) mass is 163 g/mol. The lowest BCUT2D eigenvalue weighted by atomic mass is 10.3. The molecule has 0 saturated carbocycles. The zero-order valence-corrected chi connectivity index (χ0v) is 7.24. The van der Waals surface area contributed by atoms with E-state index in [1.54, 1.807) is 7.11 Å². The van der Waals surface area contributed by atoms with Crippen molar-refractivity contribution in [2.24, 2.45) is 0 Å². The van der Waals surface area contributed by atoms with Gasteiger partial charge in [-0.1, -0.05) is 18.2 Å². The van der Waals surface area contributed by atoms with Crippen molar-refractivity contribution in [3.8, 4) is 0 Å². The van der Waals surface area contributed by atoms with Crippen molar-refractivity contribution < 1.29 is 4.74 Å². The summed E-state index contributed by atoms with van der Waals surface area (Å²) in [6.45, 7) is 6.92. The van der Waals surface area contributed by atoms with Crippen LogP contribution in [0, 0.1) is 0 Å². The molecule has 0 bridgehead atoms. The number of hydrogen-bond donors (Lipinski definition) is 1. The first-order valence-electron chi connectivity index (χ1n) is 3.22. The molecule has 0 heterocycles. The molecular formula is C7H14ClNO. The van der Waals surface area contributed by atoms with Crippen LogP contribution in [0.3, 0.4) is 0 Å². The third-order valence-electron chi connectivity index (χ3n) is 1.06. The number of ether oxygens (including phenoxy) is 1. The molecule has 0 saturated heterocycles. The van der Waals surface area contributed by atoms with E-state index >= 15 is 0 Å². The van der Waals surface area contributed by atoms with Crippen LogP contribution in [0.25, 0.3) is 0 Å². The lowest BCUT2D eigenvalue weighted by Gasteiger charge is -2.10. The molecule has 0 aliphatic carbocycles. The number of methoxy groups -OCH3 is 1. The lowest BCUT2D eigenvalue weighted by molar-refractivity contribution is 0.174. The van der Waals surface area contributed by atoms with Gasteiger partial charge in [-0.25, -0.2) is 0 Å². The summed E-state index contributed by atoms with van der Waals surface area (Å²) in [4.78, 5) is 0. The molecule has 0 amide bonds. The van der Waals surface area contributed by atoms with Gasteiger partial charge in [-0.05, 0) is 6.92 Å². The maximum absolute atomic E-state index is 5.52. The number of nitrogens with one attached hydrogen (secondary N) is 1. The van der Waals surface area contributed by atoms with E-state index in [0.29, 0.717) is 24.2 Å². The predicted octanol–water partition coefficient (Wildman–Crippen LogP) is 1.36. The predicted molar refractivity (Wildman–Crippen MR) is 44.3 cm³/mol. The molecule has 0 aliphatic rings. The molecule has 0 aliphatic heterocycles. The van der Waals surface area contributed by atoms with Gasteiger partial charge >= 0.3 is 0 Å². The summed E-state index contributed by atoms with van der Waals surface area (Å²) in [5.74, 6) is 0. The van der Waals surface area contributed by atoms with Crippen LogP contribution in [0.15, 0.2) is 11.6 Å². The fraction of sp³-hybridized carbons (Fsp3) is 0.714. The average molecular weight is 164 g/mol. The summed E-state index contributed by atoms with van der Waals surface area (Å²) in [5, 5.41) is 3.75. The van der Waals surface area contributed by atoms with Gasteiger partial charge in [0.25, 0.3) is 0 Å². The molecule has 0 aromatic rings. The second-order valence-corrected chi connectivity index (χ2v) is 2.79. The second-order valence-electron chi connectivity index (χ2n) is 2.25. The van der Waals surface area contributed by atoms with Crippen molar-refractivity contribution in [1.82, 2.24) is 5.32 Å². The minimum atomic E-state index is 0.334. The highest BCUT2D eigenvalue weighted by Gasteiger charge is 1.98.